The number of amides is 1. The van der Waals surface area contributed by atoms with E-state index in [1.807, 2.05) is 0 Å². The van der Waals surface area contributed by atoms with Gasteiger partial charge in [-0.25, -0.2) is 8.42 Å². The van der Waals surface area contributed by atoms with Gasteiger partial charge in [-0.05, 0) is 37.1 Å². The molecule has 0 spiro atoms. The summed E-state index contributed by atoms with van der Waals surface area (Å²) in [5.74, 6) is -0.436. The Kier molecular flexibility index (Phi) is 5.19. The normalized spacial score (nSPS) is 16.6. The van der Waals surface area contributed by atoms with Gasteiger partial charge < -0.3 is 15.8 Å². The highest BCUT2D eigenvalue weighted by Gasteiger charge is 2.27. The molecule has 3 N–H and O–H groups in total. The number of ether oxygens (including phenoxy) is 1. The predicted molar refractivity (Wildman–Crippen MR) is 81.7 cm³/mol. The minimum absolute atomic E-state index is 0.0376. The van der Waals surface area contributed by atoms with E-state index in [9.17, 15) is 13.2 Å². The fourth-order valence-corrected chi connectivity index (χ4v) is 3.94. The maximum absolute atomic E-state index is 12.1. The minimum atomic E-state index is -3.24. The summed E-state index contributed by atoms with van der Waals surface area (Å²) < 4.78 is 29.4. The van der Waals surface area contributed by atoms with E-state index in [2.05, 4.69) is 5.32 Å². The summed E-state index contributed by atoms with van der Waals surface area (Å²) in [5, 5.41) is 2.28. The van der Waals surface area contributed by atoms with Gasteiger partial charge >= 0.3 is 0 Å². The van der Waals surface area contributed by atoms with Crippen LogP contribution >= 0.6 is 0 Å². The molecule has 0 aromatic heterocycles. The fourth-order valence-electron chi connectivity index (χ4n) is 2.23. The SMILES string of the molecule is Nc1ccc(NC(=O)CCS(=O)(=O)C2CCOCC2)cc1. The van der Waals surface area contributed by atoms with Gasteiger partial charge in [0.2, 0.25) is 5.91 Å². The lowest BCUT2D eigenvalue weighted by Gasteiger charge is -2.21. The van der Waals surface area contributed by atoms with Crippen LogP contribution in [0.3, 0.4) is 0 Å². The highest BCUT2D eigenvalue weighted by molar-refractivity contribution is 7.92. The molecule has 1 heterocycles. The molecule has 2 rings (SSSR count). The van der Waals surface area contributed by atoms with Crippen LogP contribution in [0, 0.1) is 0 Å². The Hall–Kier alpha value is -1.60. The van der Waals surface area contributed by atoms with Gasteiger partial charge in [0.1, 0.15) is 0 Å². The number of hydrogen-bond acceptors (Lipinski definition) is 5. The Bertz CT molecular complexity index is 577. The zero-order valence-corrected chi connectivity index (χ0v) is 12.6. The summed E-state index contributed by atoms with van der Waals surface area (Å²) in [4.78, 5) is 11.8. The van der Waals surface area contributed by atoms with Gasteiger partial charge in [0.25, 0.3) is 0 Å². The number of rotatable bonds is 5. The molecule has 1 aromatic carbocycles. The lowest BCUT2D eigenvalue weighted by atomic mass is 10.2. The van der Waals surface area contributed by atoms with Gasteiger partial charge in [0.15, 0.2) is 9.84 Å². The van der Waals surface area contributed by atoms with E-state index in [0.717, 1.165) is 0 Å². The third kappa shape index (κ3) is 4.71. The number of anilines is 2. The first-order valence-corrected chi connectivity index (χ1v) is 8.63. The van der Waals surface area contributed by atoms with E-state index in [1.54, 1.807) is 24.3 Å². The van der Waals surface area contributed by atoms with Crippen molar-refractivity contribution in [2.24, 2.45) is 0 Å². The van der Waals surface area contributed by atoms with Gasteiger partial charge in [-0.2, -0.15) is 0 Å². The number of hydrogen-bond donors (Lipinski definition) is 2. The van der Waals surface area contributed by atoms with Crippen molar-refractivity contribution in [3.05, 3.63) is 24.3 Å². The van der Waals surface area contributed by atoms with Crippen LogP contribution in [0.1, 0.15) is 19.3 Å². The van der Waals surface area contributed by atoms with E-state index in [-0.39, 0.29) is 23.3 Å². The molecule has 0 saturated carbocycles. The number of carbonyl (C=O) groups is 1. The molecule has 7 heteroatoms. The zero-order valence-electron chi connectivity index (χ0n) is 11.7. The quantitative estimate of drug-likeness (QED) is 0.796. The van der Waals surface area contributed by atoms with Crippen LogP contribution in [-0.2, 0) is 19.4 Å². The van der Waals surface area contributed by atoms with Crippen molar-refractivity contribution < 1.29 is 17.9 Å². The van der Waals surface area contributed by atoms with Crippen molar-refractivity contribution in [3.63, 3.8) is 0 Å². The Labute approximate surface area is 124 Å². The van der Waals surface area contributed by atoms with Crippen molar-refractivity contribution in [2.45, 2.75) is 24.5 Å². The Morgan fingerprint density at radius 2 is 1.86 bits per heavy atom. The fraction of sp³-hybridized carbons (Fsp3) is 0.500. The molecule has 1 aliphatic rings. The van der Waals surface area contributed by atoms with Crippen LogP contribution in [0.5, 0.6) is 0 Å². The molecule has 1 amide bonds. The first-order chi connectivity index (χ1) is 9.97. The van der Waals surface area contributed by atoms with Crippen molar-refractivity contribution >= 4 is 27.1 Å². The Morgan fingerprint density at radius 3 is 2.48 bits per heavy atom. The molecule has 0 unspecified atom stereocenters. The van der Waals surface area contributed by atoms with E-state index >= 15 is 0 Å². The largest absolute Gasteiger partial charge is 0.399 e. The molecule has 21 heavy (non-hydrogen) atoms. The Balaban J connectivity index is 1.84. The van der Waals surface area contributed by atoms with E-state index < -0.39 is 9.84 Å². The highest BCUT2D eigenvalue weighted by Crippen LogP contribution is 2.17. The number of carbonyl (C=O) groups excluding carboxylic acids is 1. The maximum Gasteiger partial charge on any atom is 0.225 e. The summed E-state index contributed by atoms with van der Waals surface area (Å²) in [7, 11) is -3.24. The summed E-state index contributed by atoms with van der Waals surface area (Å²) in [6.45, 7) is 0.947. The van der Waals surface area contributed by atoms with E-state index in [1.165, 1.54) is 0 Å². The number of benzene rings is 1. The molecule has 1 fully saturated rings. The minimum Gasteiger partial charge on any atom is -0.399 e. The molecule has 0 aliphatic carbocycles. The van der Waals surface area contributed by atoms with Crippen LogP contribution in [0.25, 0.3) is 0 Å². The van der Waals surface area contributed by atoms with Crippen LogP contribution in [-0.4, -0.2) is 38.5 Å². The molecule has 1 aliphatic heterocycles. The van der Waals surface area contributed by atoms with Crippen molar-refractivity contribution in [2.75, 3.05) is 30.0 Å². The maximum atomic E-state index is 12.1. The van der Waals surface area contributed by atoms with Gasteiger partial charge in [-0.15, -0.1) is 0 Å². The van der Waals surface area contributed by atoms with Crippen molar-refractivity contribution in [3.8, 4) is 0 Å². The van der Waals surface area contributed by atoms with Crippen LogP contribution < -0.4 is 11.1 Å². The number of nitrogens with one attached hydrogen (secondary N) is 1. The van der Waals surface area contributed by atoms with Crippen LogP contribution in [0.15, 0.2) is 24.3 Å². The summed E-state index contributed by atoms with van der Waals surface area (Å²) in [6.07, 6.45) is 0.994. The van der Waals surface area contributed by atoms with Crippen LogP contribution in [0.2, 0.25) is 0 Å². The number of nitrogens with two attached hydrogens (primary N) is 1. The van der Waals surface area contributed by atoms with Gasteiger partial charge in [-0.3, -0.25) is 4.79 Å². The molecule has 1 aromatic rings. The monoisotopic (exact) mass is 312 g/mol. The average Bonchev–Trinajstić information content (AvgIpc) is 2.49. The smallest absolute Gasteiger partial charge is 0.225 e. The summed E-state index contributed by atoms with van der Waals surface area (Å²) in [5.41, 5.74) is 6.77. The third-order valence-corrected chi connectivity index (χ3v) is 5.74. The van der Waals surface area contributed by atoms with E-state index in [4.69, 9.17) is 10.5 Å². The Morgan fingerprint density at radius 1 is 1.24 bits per heavy atom. The van der Waals surface area contributed by atoms with Crippen LogP contribution in [0.4, 0.5) is 11.4 Å². The first kappa shape index (κ1) is 15.8. The molecule has 1 saturated heterocycles. The predicted octanol–water partition coefficient (Wildman–Crippen LogP) is 1.19. The molecular formula is C14H20N2O4S. The summed E-state index contributed by atoms with van der Waals surface area (Å²) >= 11 is 0. The number of nitrogen functional groups attached to an aromatic ring is 1. The van der Waals surface area contributed by atoms with Crippen molar-refractivity contribution in [1.82, 2.24) is 0 Å². The topological polar surface area (TPSA) is 98.5 Å². The van der Waals surface area contributed by atoms with E-state index in [0.29, 0.717) is 37.4 Å². The molecule has 116 valence electrons. The molecular weight excluding hydrogens is 292 g/mol. The number of sulfone groups is 1. The highest BCUT2D eigenvalue weighted by atomic mass is 32.2. The third-order valence-electron chi connectivity index (χ3n) is 3.48. The average molecular weight is 312 g/mol. The van der Waals surface area contributed by atoms with Gasteiger partial charge in [-0.1, -0.05) is 0 Å². The first-order valence-electron chi connectivity index (χ1n) is 6.92. The zero-order chi connectivity index (χ0) is 15.3. The molecule has 0 radical (unpaired) electrons. The standard InChI is InChI=1S/C14H20N2O4S/c15-11-1-3-12(4-2-11)16-14(17)7-10-21(18,19)13-5-8-20-9-6-13/h1-4,13H,5-10,15H2,(H,16,17). The molecule has 0 bridgehead atoms. The van der Waals surface area contributed by atoms with Crippen molar-refractivity contribution in [1.29, 1.82) is 0 Å². The molecule has 6 nitrogen and oxygen atoms in total. The lowest BCUT2D eigenvalue weighted by Crippen LogP contribution is -2.31. The van der Waals surface area contributed by atoms with Gasteiger partial charge in [0.05, 0.1) is 11.0 Å². The second-order valence-corrected chi connectivity index (χ2v) is 7.50. The van der Waals surface area contributed by atoms with Gasteiger partial charge in [0, 0.05) is 31.0 Å². The summed E-state index contributed by atoms with van der Waals surface area (Å²) in [6, 6.07) is 6.71. The lowest BCUT2D eigenvalue weighted by molar-refractivity contribution is -0.115. The second kappa shape index (κ2) is 6.91. The second-order valence-electron chi connectivity index (χ2n) is 5.10. The molecule has 0 atom stereocenters.